The number of fused-ring (bicyclic) bond motifs is 1. The smallest absolute Gasteiger partial charge is 0.253 e. The van der Waals surface area contributed by atoms with Gasteiger partial charge in [-0.05, 0) is 24.3 Å². The van der Waals surface area contributed by atoms with Gasteiger partial charge in [-0.25, -0.2) is 0 Å². The van der Waals surface area contributed by atoms with Gasteiger partial charge in [0, 0.05) is 12.7 Å². The van der Waals surface area contributed by atoms with Gasteiger partial charge >= 0.3 is 0 Å². The first-order valence-corrected chi connectivity index (χ1v) is 7.98. The molecule has 8 heteroatoms. The highest BCUT2D eigenvalue weighted by atomic mass is 32.1. The lowest BCUT2D eigenvalue weighted by Crippen LogP contribution is -2.24. The highest BCUT2D eigenvalue weighted by molar-refractivity contribution is 7.00. The molecule has 2 amide bonds. The van der Waals surface area contributed by atoms with Crippen molar-refractivity contribution in [1.82, 2.24) is 14.1 Å². The van der Waals surface area contributed by atoms with Gasteiger partial charge in [0.15, 0.2) is 0 Å². The Morgan fingerprint density at radius 3 is 2.67 bits per heavy atom. The van der Waals surface area contributed by atoms with Crippen molar-refractivity contribution in [3.8, 4) is 0 Å². The number of hydrogen-bond acceptors (Lipinski definition) is 6. The highest BCUT2D eigenvalue weighted by Gasteiger charge is 2.11. The summed E-state index contributed by atoms with van der Waals surface area (Å²) in [6, 6.07) is 12.4. The molecule has 0 aliphatic heterocycles. The van der Waals surface area contributed by atoms with E-state index >= 15 is 0 Å². The van der Waals surface area contributed by atoms with Crippen LogP contribution in [0.25, 0.3) is 11.0 Å². The molecule has 122 valence electrons. The van der Waals surface area contributed by atoms with E-state index in [9.17, 15) is 9.59 Å². The summed E-state index contributed by atoms with van der Waals surface area (Å²) in [6.07, 6.45) is 0. The maximum absolute atomic E-state index is 12.2. The molecule has 0 atom stereocenters. The van der Waals surface area contributed by atoms with E-state index in [0.717, 1.165) is 17.2 Å². The van der Waals surface area contributed by atoms with Crippen LogP contribution in [0.2, 0.25) is 0 Å². The van der Waals surface area contributed by atoms with Crippen LogP contribution < -0.4 is 16.0 Å². The Morgan fingerprint density at radius 2 is 1.83 bits per heavy atom. The van der Waals surface area contributed by atoms with Gasteiger partial charge in [0.2, 0.25) is 5.91 Å². The predicted octanol–water partition coefficient (Wildman–Crippen LogP) is 2.10. The van der Waals surface area contributed by atoms with E-state index in [0.29, 0.717) is 22.5 Å². The fraction of sp³-hybridized carbons (Fsp3) is 0.125. The first-order chi connectivity index (χ1) is 11.7. The van der Waals surface area contributed by atoms with Crippen LogP contribution in [0.4, 0.5) is 11.4 Å². The second kappa shape index (κ2) is 7.05. The van der Waals surface area contributed by atoms with Crippen molar-refractivity contribution >= 4 is 46.0 Å². The number of hydrogen-bond donors (Lipinski definition) is 3. The Labute approximate surface area is 142 Å². The van der Waals surface area contributed by atoms with Gasteiger partial charge in [0.05, 0.1) is 29.5 Å². The van der Waals surface area contributed by atoms with Crippen LogP contribution in [0.1, 0.15) is 10.4 Å². The summed E-state index contributed by atoms with van der Waals surface area (Å²) in [5.74, 6) is -0.445. The fourth-order valence-corrected chi connectivity index (χ4v) is 2.80. The van der Waals surface area contributed by atoms with Crippen LogP contribution in [0.5, 0.6) is 0 Å². The van der Waals surface area contributed by atoms with Crippen molar-refractivity contribution in [2.24, 2.45) is 0 Å². The van der Waals surface area contributed by atoms with E-state index < -0.39 is 0 Å². The molecule has 0 radical (unpaired) electrons. The van der Waals surface area contributed by atoms with Crippen molar-refractivity contribution in [2.45, 2.75) is 0 Å². The Morgan fingerprint density at radius 1 is 1.04 bits per heavy atom. The maximum atomic E-state index is 12.2. The van der Waals surface area contributed by atoms with Gasteiger partial charge in [0.1, 0.15) is 11.0 Å². The number of carbonyl (C=O) groups is 2. The number of anilines is 2. The molecule has 0 fully saturated rings. The van der Waals surface area contributed by atoms with E-state index in [1.54, 1.807) is 37.4 Å². The Kier molecular flexibility index (Phi) is 4.66. The second-order valence-corrected chi connectivity index (χ2v) is 5.49. The molecule has 0 unspecified atom stereocenters. The average Bonchev–Trinajstić information content (AvgIpc) is 3.09. The Bertz CT molecular complexity index is 893. The third kappa shape index (κ3) is 3.33. The monoisotopic (exact) mass is 341 g/mol. The van der Waals surface area contributed by atoms with Crippen molar-refractivity contribution in [1.29, 1.82) is 0 Å². The number of rotatable bonds is 5. The fourth-order valence-electron chi connectivity index (χ4n) is 2.25. The van der Waals surface area contributed by atoms with Crippen molar-refractivity contribution in [2.75, 3.05) is 24.2 Å². The van der Waals surface area contributed by atoms with Crippen molar-refractivity contribution < 1.29 is 9.59 Å². The lowest BCUT2D eigenvalue weighted by molar-refractivity contribution is -0.114. The molecule has 0 bridgehead atoms. The molecule has 1 aromatic heterocycles. The summed E-state index contributed by atoms with van der Waals surface area (Å²) < 4.78 is 8.32. The minimum Gasteiger partial charge on any atom is -0.376 e. The minimum absolute atomic E-state index is 0.0297. The third-order valence-electron chi connectivity index (χ3n) is 3.40. The van der Waals surface area contributed by atoms with Crippen LogP contribution >= 0.6 is 11.7 Å². The van der Waals surface area contributed by atoms with E-state index in [1.807, 2.05) is 12.1 Å². The summed E-state index contributed by atoms with van der Waals surface area (Å²) in [4.78, 5) is 24.0. The molecule has 24 heavy (non-hydrogen) atoms. The van der Waals surface area contributed by atoms with Crippen molar-refractivity contribution in [3.63, 3.8) is 0 Å². The third-order valence-corrected chi connectivity index (χ3v) is 3.94. The minimum atomic E-state index is -0.234. The zero-order valence-electron chi connectivity index (χ0n) is 12.9. The molecule has 3 rings (SSSR count). The maximum Gasteiger partial charge on any atom is 0.253 e. The normalized spacial score (nSPS) is 10.4. The van der Waals surface area contributed by atoms with Crippen LogP contribution in [0.15, 0.2) is 42.5 Å². The number of nitrogens with one attached hydrogen (secondary N) is 3. The Hall–Kier alpha value is -3.00. The van der Waals surface area contributed by atoms with Gasteiger partial charge in [-0.1, -0.05) is 18.2 Å². The lowest BCUT2D eigenvalue weighted by Gasteiger charge is -2.11. The van der Waals surface area contributed by atoms with E-state index in [2.05, 4.69) is 24.7 Å². The predicted molar refractivity (Wildman–Crippen MR) is 94.4 cm³/mol. The van der Waals surface area contributed by atoms with Crippen LogP contribution in [0, 0.1) is 0 Å². The standard InChI is InChI=1S/C16H15N5O2S/c1-17-16(23)10-5-2-3-6-11(10)18-9-14(22)19-12-7-4-8-13-15(12)21-24-20-13/h2-8,18H,9H2,1H3,(H,17,23)(H,19,22). The zero-order valence-corrected chi connectivity index (χ0v) is 13.7. The highest BCUT2D eigenvalue weighted by Crippen LogP contribution is 2.21. The molecule has 3 N–H and O–H groups in total. The van der Waals surface area contributed by atoms with Gasteiger partial charge in [0.25, 0.3) is 5.91 Å². The molecule has 0 aliphatic carbocycles. The van der Waals surface area contributed by atoms with Crippen LogP contribution in [0.3, 0.4) is 0 Å². The second-order valence-electron chi connectivity index (χ2n) is 4.96. The zero-order chi connectivity index (χ0) is 16.9. The quantitative estimate of drug-likeness (QED) is 0.660. The SMILES string of the molecule is CNC(=O)c1ccccc1NCC(=O)Nc1cccc2nsnc12. The molecular formula is C16H15N5O2S. The van der Waals surface area contributed by atoms with Crippen LogP contribution in [-0.4, -0.2) is 34.2 Å². The van der Waals surface area contributed by atoms with Gasteiger partial charge in [-0.3, -0.25) is 9.59 Å². The largest absolute Gasteiger partial charge is 0.376 e. The van der Waals surface area contributed by atoms with Gasteiger partial charge in [-0.2, -0.15) is 8.75 Å². The molecule has 7 nitrogen and oxygen atoms in total. The number of para-hydroxylation sites is 1. The van der Waals surface area contributed by atoms with Crippen LogP contribution in [-0.2, 0) is 4.79 Å². The molecular weight excluding hydrogens is 326 g/mol. The summed E-state index contributed by atoms with van der Waals surface area (Å²) in [6.45, 7) is 0.0297. The van der Waals surface area contributed by atoms with Crippen molar-refractivity contribution in [3.05, 3.63) is 48.0 Å². The van der Waals surface area contributed by atoms with E-state index in [-0.39, 0.29) is 18.4 Å². The Balaban J connectivity index is 1.68. The number of nitrogens with zero attached hydrogens (tertiary/aromatic N) is 2. The molecule has 0 saturated carbocycles. The number of carbonyl (C=O) groups excluding carboxylic acids is 2. The number of amides is 2. The molecule has 0 spiro atoms. The number of benzene rings is 2. The first kappa shape index (κ1) is 15.9. The molecule has 2 aromatic carbocycles. The van der Waals surface area contributed by atoms with Gasteiger partial charge in [-0.15, -0.1) is 0 Å². The molecule has 1 heterocycles. The molecule has 0 aliphatic rings. The molecule has 0 saturated heterocycles. The number of aromatic nitrogens is 2. The van der Waals surface area contributed by atoms with E-state index in [4.69, 9.17) is 0 Å². The van der Waals surface area contributed by atoms with Gasteiger partial charge < -0.3 is 16.0 Å². The average molecular weight is 341 g/mol. The first-order valence-electron chi connectivity index (χ1n) is 7.25. The summed E-state index contributed by atoms with van der Waals surface area (Å²) in [5, 5.41) is 8.36. The summed E-state index contributed by atoms with van der Waals surface area (Å²) in [7, 11) is 1.56. The topological polar surface area (TPSA) is 96.0 Å². The van der Waals surface area contributed by atoms with E-state index in [1.165, 1.54) is 0 Å². The lowest BCUT2D eigenvalue weighted by atomic mass is 10.1. The summed E-state index contributed by atoms with van der Waals surface area (Å²) in [5.41, 5.74) is 3.11. The molecule has 3 aromatic rings. The summed E-state index contributed by atoms with van der Waals surface area (Å²) >= 11 is 1.10.